The Morgan fingerprint density at radius 1 is 1.16 bits per heavy atom. The standard InChI is InChI=1S/C14H13BrN2OS/c1-8-6-9(2)17-14(16-8)19-13-5-4-11(15)7-12(13)10(3)18/h4-7H,1-3H3. The molecule has 0 radical (unpaired) electrons. The Morgan fingerprint density at radius 2 is 1.79 bits per heavy atom. The molecule has 0 saturated heterocycles. The van der Waals surface area contributed by atoms with E-state index in [4.69, 9.17) is 0 Å². The first-order chi connectivity index (χ1) is 8.95. The summed E-state index contributed by atoms with van der Waals surface area (Å²) in [5.74, 6) is 0.0353. The van der Waals surface area contributed by atoms with Crippen molar-refractivity contribution in [3.63, 3.8) is 0 Å². The maximum Gasteiger partial charge on any atom is 0.192 e. The third kappa shape index (κ3) is 3.64. The number of aryl methyl sites for hydroxylation is 2. The van der Waals surface area contributed by atoms with Gasteiger partial charge in [-0.25, -0.2) is 9.97 Å². The zero-order chi connectivity index (χ0) is 14.0. The van der Waals surface area contributed by atoms with Crippen LogP contribution in [0.4, 0.5) is 0 Å². The Balaban J connectivity index is 2.40. The van der Waals surface area contributed by atoms with Crippen molar-refractivity contribution in [2.75, 3.05) is 0 Å². The summed E-state index contributed by atoms with van der Waals surface area (Å²) in [6.07, 6.45) is 0. The second-order valence-corrected chi connectivity index (χ2v) is 6.16. The van der Waals surface area contributed by atoms with Crippen LogP contribution in [0.2, 0.25) is 0 Å². The Labute approximate surface area is 125 Å². The number of nitrogens with zero attached hydrogens (tertiary/aromatic N) is 2. The van der Waals surface area contributed by atoms with Crippen molar-refractivity contribution in [1.29, 1.82) is 0 Å². The van der Waals surface area contributed by atoms with Crippen molar-refractivity contribution in [2.24, 2.45) is 0 Å². The van der Waals surface area contributed by atoms with Gasteiger partial charge in [0.25, 0.3) is 0 Å². The van der Waals surface area contributed by atoms with Gasteiger partial charge in [-0.15, -0.1) is 0 Å². The van der Waals surface area contributed by atoms with E-state index >= 15 is 0 Å². The Kier molecular flexibility index (Phi) is 4.37. The molecule has 1 heterocycles. The summed E-state index contributed by atoms with van der Waals surface area (Å²) in [6.45, 7) is 5.44. The molecule has 5 heteroatoms. The molecule has 0 fully saturated rings. The number of Topliss-reactive ketones (excluding diaryl/α,β-unsaturated/α-hetero) is 1. The van der Waals surface area contributed by atoms with Gasteiger partial charge in [0, 0.05) is 26.3 Å². The van der Waals surface area contributed by atoms with E-state index in [-0.39, 0.29) is 5.78 Å². The van der Waals surface area contributed by atoms with Crippen molar-refractivity contribution < 1.29 is 4.79 Å². The van der Waals surface area contributed by atoms with Gasteiger partial charge < -0.3 is 0 Å². The average molecular weight is 337 g/mol. The number of benzene rings is 1. The van der Waals surface area contributed by atoms with Crippen LogP contribution in [0.1, 0.15) is 28.7 Å². The highest BCUT2D eigenvalue weighted by molar-refractivity contribution is 9.10. The number of carbonyl (C=O) groups is 1. The predicted octanol–water partition coefficient (Wildman–Crippen LogP) is 4.21. The van der Waals surface area contributed by atoms with Crippen LogP contribution >= 0.6 is 27.7 Å². The van der Waals surface area contributed by atoms with Crippen LogP contribution in [0.25, 0.3) is 0 Å². The topological polar surface area (TPSA) is 42.9 Å². The molecule has 0 amide bonds. The molecule has 0 aliphatic rings. The lowest BCUT2D eigenvalue weighted by Crippen LogP contribution is -1.97. The fourth-order valence-electron chi connectivity index (χ4n) is 1.70. The molecule has 1 aromatic carbocycles. The maximum atomic E-state index is 11.7. The molecule has 19 heavy (non-hydrogen) atoms. The molecule has 98 valence electrons. The number of hydrogen-bond donors (Lipinski definition) is 0. The van der Waals surface area contributed by atoms with Gasteiger partial charge in [0.1, 0.15) is 0 Å². The molecule has 3 nitrogen and oxygen atoms in total. The second-order valence-electron chi connectivity index (χ2n) is 4.23. The molecule has 0 bridgehead atoms. The summed E-state index contributed by atoms with van der Waals surface area (Å²) >= 11 is 4.80. The second kappa shape index (κ2) is 5.84. The summed E-state index contributed by atoms with van der Waals surface area (Å²) in [4.78, 5) is 21.3. The third-order valence-electron chi connectivity index (χ3n) is 2.48. The van der Waals surface area contributed by atoms with Gasteiger partial charge in [0.05, 0.1) is 0 Å². The maximum absolute atomic E-state index is 11.7. The number of hydrogen-bond acceptors (Lipinski definition) is 4. The van der Waals surface area contributed by atoms with Crippen molar-refractivity contribution in [1.82, 2.24) is 9.97 Å². The lowest BCUT2D eigenvalue weighted by Gasteiger charge is -2.07. The molecule has 2 aromatic rings. The van der Waals surface area contributed by atoms with Gasteiger partial charge >= 0.3 is 0 Å². The summed E-state index contributed by atoms with van der Waals surface area (Å²) in [7, 11) is 0. The van der Waals surface area contributed by atoms with Crippen molar-refractivity contribution in [3.05, 3.63) is 45.7 Å². The Hall–Kier alpha value is -1.20. The monoisotopic (exact) mass is 336 g/mol. The molecular weight excluding hydrogens is 324 g/mol. The Bertz CT molecular complexity index is 623. The molecular formula is C14H13BrN2OS. The van der Waals surface area contributed by atoms with Gasteiger partial charge in [0.2, 0.25) is 0 Å². The van der Waals surface area contributed by atoms with E-state index in [2.05, 4.69) is 25.9 Å². The minimum absolute atomic E-state index is 0.0353. The van der Waals surface area contributed by atoms with Crippen LogP contribution in [0.5, 0.6) is 0 Å². The van der Waals surface area contributed by atoms with Gasteiger partial charge in [0.15, 0.2) is 10.9 Å². The number of carbonyl (C=O) groups excluding carboxylic acids is 1. The highest BCUT2D eigenvalue weighted by Gasteiger charge is 2.11. The molecule has 0 aliphatic carbocycles. The molecule has 0 aliphatic heterocycles. The van der Waals surface area contributed by atoms with E-state index in [1.54, 1.807) is 6.92 Å². The van der Waals surface area contributed by atoms with E-state index in [0.717, 1.165) is 20.8 Å². The molecule has 0 saturated carbocycles. The molecule has 2 rings (SSSR count). The lowest BCUT2D eigenvalue weighted by molar-refractivity contribution is 0.101. The molecule has 1 aromatic heterocycles. The number of rotatable bonds is 3. The summed E-state index contributed by atoms with van der Waals surface area (Å²) in [6, 6.07) is 7.58. The van der Waals surface area contributed by atoms with E-state index in [1.807, 2.05) is 38.1 Å². The zero-order valence-electron chi connectivity index (χ0n) is 10.9. The number of ketones is 1. The quantitative estimate of drug-likeness (QED) is 0.622. The highest BCUT2D eigenvalue weighted by atomic mass is 79.9. The van der Waals surface area contributed by atoms with E-state index < -0.39 is 0 Å². The Morgan fingerprint density at radius 3 is 2.37 bits per heavy atom. The zero-order valence-corrected chi connectivity index (χ0v) is 13.3. The van der Waals surface area contributed by atoms with Crippen LogP contribution in [-0.2, 0) is 0 Å². The van der Waals surface area contributed by atoms with Crippen LogP contribution < -0.4 is 0 Å². The fourth-order valence-corrected chi connectivity index (χ4v) is 3.09. The van der Waals surface area contributed by atoms with E-state index in [0.29, 0.717) is 10.7 Å². The molecule has 0 spiro atoms. The van der Waals surface area contributed by atoms with Crippen LogP contribution in [0.3, 0.4) is 0 Å². The SMILES string of the molecule is CC(=O)c1cc(Br)ccc1Sc1nc(C)cc(C)n1. The first-order valence-corrected chi connectivity index (χ1v) is 7.37. The fraction of sp³-hybridized carbons (Fsp3) is 0.214. The average Bonchev–Trinajstić information content (AvgIpc) is 2.30. The summed E-state index contributed by atoms with van der Waals surface area (Å²) in [5, 5.41) is 0.669. The number of halogens is 1. The minimum atomic E-state index is 0.0353. The predicted molar refractivity (Wildman–Crippen MR) is 79.8 cm³/mol. The minimum Gasteiger partial charge on any atom is -0.294 e. The smallest absolute Gasteiger partial charge is 0.192 e. The largest absolute Gasteiger partial charge is 0.294 e. The normalized spacial score (nSPS) is 10.5. The van der Waals surface area contributed by atoms with Crippen LogP contribution in [-0.4, -0.2) is 15.8 Å². The van der Waals surface area contributed by atoms with Gasteiger partial charge in [-0.3, -0.25) is 4.79 Å². The highest BCUT2D eigenvalue weighted by Crippen LogP contribution is 2.30. The summed E-state index contributed by atoms with van der Waals surface area (Å²) in [5.41, 5.74) is 2.54. The van der Waals surface area contributed by atoms with Crippen molar-refractivity contribution in [3.8, 4) is 0 Å². The molecule has 0 unspecified atom stereocenters. The van der Waals surface area contributed by atoms with Gasteiger partial charge in [-0.2, -0.15) is 0 Å². The first-order valence-electron chi connectivity index (χ1n) is 5.76. The molecule has 0 atom stereocenters. The van der Waals surface area contributed by atoms with Crippen LogP contribution in [0.15, 0.2) is 38.8 Å². The third-order valence-corrected chi connectivity index (χ3v) is 3.92. The van der Waals surface area contributed by atoms with Gasteiger partial charge in [-0.05, 0) is 56.8 Å². The first kappa shape index (κ1) is 14.2. The number of aromatic nitrogens is 2. The van der Waals surface area contributed by atoms with E-state index in [1.165, 1.54) is 11.8 Å². The van der Waals surface area contributed by atoms with Crippen molar-refractivity contribution in [2.45, 2.75) is 30.8 Å². The van der Waals surface area contributed by atoms with Crippen molar-refractivity contribution >= 4 is 33.5 Å². The van der Waals surface area contributed by atoms with Gasteiger partial charge in [-0.1, -0.05) is 15.9 Å². The summed E-state index contributed by atoms with van der Waals surface area (Å²) < 4.78 is 0.892. The lowest BCUT2D eigenvalue weighted by atomic mass is 10.1. The van der Waals surface area contributed by atoms with Crippen LogP contribution in [0, 0.1) is 13.8 Å². The molecule has 0 N–H and O–H groups in total. The van der Waals surface area contributed by atoms with E-state index in [9.17, 15) is 4.79 Å².